The minimum absolute atomic E-state index is 0.148. The lowest BCUT2D eigenvalue weighted by molar-refractivity contribution is -0.121. The first-order chi connectivity index (χ1) is 8.34. The van der Waals surface area contributed by atoms with E-state index in [-0.39, 0.29) is 5.91 Å². The van der Waals surface area contributed by atoms with Gasteiger partial charge in [-0.25, -0.2) is 0 Å². The highest BCUT2D eigenvalue weighted by Gasteiger charge is 2.02. The Kier molecular flexibility index (Phi) is 4.76. The van der Waals surface area contributed by atoms with E-state index in [1.54, 1.807) is 22.7 Å². The average Bonchev–Trinajstić information content (AvgIpc) is 2.99. The van der Waals surface area contributed by atoms with Crippen molar-refractivity contribution in [3.8, 4) is 0 Å². The van der Waals surface area contributed by atoms with Crippen LogP contribution in [0.15, 0.2) is 35.0 Å². The van der Waals surface area contributed by atoms with Gasteiger partial charge in [0.1, 0.15) is 0 Å². The normalized spacial score (nSPS) is 10.4. The Bertz CT molecular complexity index is 434. The summed E-state index contributed by atoms with van der Waals surface area (Å²) in [6.07, 6.45) is 2.37. The second kappa shape index (κ2) is 6.57. The van der Waals surface area contributed by atoms with Gasteiger partial charge in [-0.2, -0.15) is 0 Å². The molecule has 2 nitrogen and oxygen atoms in total. The van der Waals surface area contributed by atoms with Crippen LogP contribution in [-0.2, 0) is 17.6 Å². The molecule has 0 unspecified atom stereocenters. The van der Waals surface area contributed by atoms with Crippen molar-refractivity contribution >= 4 is 28.6 Å². The first-order valence-corrected chi connectivity index (χ1v) is 7.42. The minimum atomic E-state index is 0.148. The van der Waals surface area contributed by atoms with E-state index in [1.165, 1.54) is 9.75 Å². The van der Waals surface area contributed by atoms with Gasteiger partial charge in [0.2, 0.25) is 5.91 Å². The molecule has 0 saturated carbocycles. The van der Waals surface area contributed by atoms with Crippen LogP contribution in [0.5, 0.6) is 0 Å². The van der Waals surface area contributed by atoms with Crippen LogP contribution < -0.4 is 5.32 Å². The highest BCUT2D eigenvalue weighted by atomic mass is 32.1. The van der Waals surface area contributed by atoms with Crippen LogP contribution in [0.25, 0.3) is 0 Å². The summed E-state index contributed by atoms with van der Waals surface area (Å²) in [6.45, 7) is 0.740. The van der Waals surface area contributed by atoms with Crippen molar-refractivity contribution < 1.29 is 4.79 Å². The van der Waals surface area contributed by atoms with Crippen LogP contribution in [0, 0.1) is 0 Å². The smallest absolute Gasteiger partial charge is 0.220 e. The number of amides is 1. The molecule has 90 valence electrons. The van der Waals surface area contributed by atoms with Gasteiger partial charge in [-0.3, -0.25) is 4.79 Å². The SMILES string of the molecule is O=C(CCc1cccs1)NCCc1cccs1. The molecule has 0 atom stereocenters. The van der Waals surface area contributed by atoms with E-state index in [2.05, 4.69) is 22.8 Å². The lowest BCUT2D eigenvalue weighted by Crippen LogP contribution is -2.25. The summed E-state index contributed by atoms with van der Waals surface area (Å²) >= 11 is 3.44. The Morgan fingerprint density at radius 2 is 1.71 bits per heavy atom. The van der Waals surface area contributed by atoms with E-state index < -0.39 is 0 Å². The Morgan fingerprint density at radius 1 is 1.06 bits per heavy atom. The zero-order valence-corrected chi connectivity index (χ0v) is 11.2. The van der Waals surface area contributed by atoms with Gasteiger partial charge < -0.3 is 5.32 Å². The molecule has 2 rings (SSSR count). The molecule has 0 aromatic carbocycles. The van der Waals surface area contributed by atoms with Crippen LogP contribution in [0.1, 0.15) is 16.2 Å². The molecule has 1 N–H and O–H groups in total. The molecule has 2 aromatic rings. The first kappa shape index (κ1) is 12.3. The van der Waals surface area contributed by atoms with E-state index in [4.69, 9.17) is 0 Å². The lowest BCUT2D eigenvalue weighted by Gasteiger charge is -2.03. The summed E-state index contributed by atoms with van der Waals surface area (Å²) in [5, 5.41) is 7.06. The van der Waals surface area contributed by atoms with Crippen LogP contribution >= 0.6 is 22.7 Å². The van der Waals surface area contributed by atoms with Crippen molar-refractivity contribution in [1.29, 1.82) is 0 Å². The lowest BCUT2D eigenvalue weighted by atomic mass is 10.2. The van der Waals surface area contributed by atoms with Crippen molar-refractivity contribution in [3.05, 3.63) is 44.8 Å². The van der Waals surface area contributed by atoms with E-state index >= 15 is 0 Å². The van der Waals surface area contributed by atoms with Crippen molar-refractivity contribution in [1.82, 2.24) is 5.32 Å². The maximum absolute atomic E-state index is 11.6. The van der Waals surface area contributed by atoms with E-state index in [0.717, 1.165) is 19.4 Å². The number of carbonyl (C=O) groups is 1. The van der Waals surface area contributed by atoms with Crippen LogP contribution in [-0.4, -0.2) is 12.5 Å². The molecule has 0 saturated heterocycles. The third-order valence-corrected chi connectivity index (χ3v) is 4.32. The van der Waals surface area contributed by atoms with Crippen LogP contribution in [0.4, 0.5) is 0 Å². The van der Waals surface area contributed by atoms with Crippen molar-refractivity contribution in [2.45, 2.75) is 19.3 Å². The number of thiophene rings is 2. The summed E-state index contributed by atoms with van der Waals surface area (Å²) in [5.41, 5.74) is 0. The molecular formula is C13H15NOS2. The first-order valence-electron chi connectivity index (χ1n) is 5.66. The second-order valence-corrected chi connectivity index (χ2v) is 5.82. The molecule has 1 amide bonds. The average molecular weight is 265 g/mol. The van der Waals surface area contributed by atoms with E-state index in [0.29, 0.717) is 6.42 Å². The third kappa shape index (κ3) is 4.32. The molecule has 2 aromatic heterocycles. The number of rotatable bonds is 6. The number of hydrogen-bond donors (Lipinski definition) is 1. The summed E-state index contributed by atoms with van der Waals surface area (Å²) in [5.74, 6) is 0.148. The Balaban J connectivity index is 1.61. The fourth-order valence-corrected chi connectivity index (χ4v) is 2.98. The quantitative estimate of drug-likeness (QED) is 0.854. The monoisotopic (exact) mass is 265 g/mol. The molecule has 0 aliphatic rings. The van der Waals surface area contributed by atoms with Gasteiger partial charge in [0.05, 0.1) is 0 Å². The largest absolute Gasteiger partial charge is 0.356 e. The summed E-state index contributed by atoms with van der Waals surface area (Å²) < 4.78 is 0. The topological polar surface area (TPSA) is 29.1 Å². The molecule has 0 radical (unpaired) electrons. The zero-order valence-electron chi connectivity index (χ0n) is 9.52. The summed E-state index contributed by atoms with van der Waals surface area (Å²) in [4.78, 5) is 14.2. The fourth-order valence-electron chi connectivity index (χ4n) is 1.56. The summed E-state index contributed by atoms with van der Waals surface area (Å²) in [7, 11) is 0. The number of aryl methyl sites for hydroxylation is 1. The third-order valence-electron chi connectivity index (χ3n) is 2.45. The van der Waals surface area contributed by atoms with Crippen LogP contribution in [0.2, 0.25) is 0 Å². The molecular weight excluding hydrogens is 250 g/mol. The Labute approximate surface area is 109 Å². The molecule has 17 heavy (non-hydrogen) atoms. The minimum Gasteiger partial charge on any atom is -0.356 e. The molecule has 0 aliphatic carbocycles. The summed E-state index contributed by atoms with van der Waals surface area (Å²) in [6, 6.07) is 8.24. The van der Waals surface area contributed by atoms with Gasteiger partial charge in [0.15, 0.2) is 0 Å². The predicted molar refractivity (Wildman–Crippen MR) is 73.7 cm³/mol. The number of carbonyl (C=O) groups excluding carboxylic acids is 1. The van der Waals surface area contributed by atoms with Crippen molar-refractivity contribution in [3.63, 3.8) is 0 Å². The molecule has 2 heterocycles. The maximum atomic E-state index is 11.6. The van der Waals surface area contributed by atoms with Gasteiger partial charge in [0.25, 0.3) is 0 Å². The van der Waals surface area contributed by atoms with Gasteiger partial charge in [0, 0.05) is 22.7 Å². The molecule has 0 aliphatic heterocycles. The standard InChI is InChI=1S/C13H15NOS2/c15-13(6-5-11-3-1-9-16-11)14-8-7-12-4-2-10-17-12/h1-4,9-10H,5-8H2,(H,14,15). The van der Waals surface area contributed by atoms with Gasteiger partial charge in [-0.05, 0) is 35.7 Å². The molecule has 4 heteroatoms. The molecule has 0 spiro atoms. The van der Waals surface area contributed by atoms with E-state index in [9.17, 15) is 4.79 Å². The Morgan fingerprint density at radius 3 is 2.29 bits per heavy atom. The molecule has 0 bridgehead atoms. The zero-order chi connectivity index (χ0) is 11.9. The van der Waals surface area contributed by atoms with E-state index in [1.807, 2.05) is 17.5 Å². The highest BCUT2D eigenvalue weighted by Crippen LogP contribution is 2.11. The van der Waals surface area contributed by atoms with Gasteiger partial charge >= 0.3 is 0 Å². The second-order valence-electron chi connectivity index (χ2n) is 3.76. The van der Waals surface area contributed by atoms with Crippen LogP contribution in [0.3, 0.4) is 0 Å². The predicted octanol–water partition coefficient (Wildman–Crippen LogP) is 3.10. The van der Waals surface area contributed by atoms with Crippen molar-refractivity contribution in [2.75, 3.05) is 6.54 Å². The van der Waals surface area contributed by atoms with Crippen molar-refractivity contribution in [2.24, 2.45) is 0 Å². The highest BCUT2D eigenvalue weighted by molar-refractivity contribution is 7.10. The van der Waals surface area contributed by atoms with Gasteiger partial charge in [-0.1, -0.05) is 12.1 Å². The molecule has 0 fully saturated rings. The number of hydrogen-bond acceptors (Lipinski definition) is 3. The Hall–Kier alpha value is -1.13. The fraction of sp³-hybridized carbons (Fsp3) is 0.308. The number of nitrogens with one attached hydrogen (secondary N) is 1. The maximum Gasteiger partial charge on any atom is 0.220 e. The van der Waals surface area contributed by atoms with Gasteiger partial charge in [-0.15, -0.1) is 22.7 Å².